The Balaban J connectivity index is 1.36. The van der Waals surface area contributed by atoms with Crippen LogP contribution in [0.5, 0.6) is 5.75 Å². The van der Waals surface area contributed by atoms with Crippen LogP contribution in [0.2, 0.25) is 10.0 Å². The maximum atomic E-state index is 12.1. The molecule has 1 saturated heterocycles. The molecule has 2 N–H and O–H groups in total. The number of halogens is 2. The predicted molar refractivity (Wildman–Crippen MR) is 119 cm³/mol. The lowest BCUT2D eigenvalue weighted by Crippen LogP contribution is -2.50. The summed E-state index contributed by atoms with van der Waals surface area (Å²) in [6.45, 7) is 4.28. The van der Waals surface area contributed by atoms with Crippen LogP contribution in [0.3, 0.4) is 0 Å². The first-order chi connectivity index (χ1) is 14.5. The van der Waals surface area contributed by atoms with Gasteiger partial charge in [-0.15, -0.1) is 0 Å². The van der Waals surface area contributed by atoms with Gasteiger partial charge in [0.15, 0.2) is 0 Å². The van der Waals surface area contributed by atoms with Crippen molar-refractivity contribution < 1.29 is 14.6 Å². The molecule has 1 atom stereocenters. The molecule has 2 aromatic carbocycles. The summed E-state index contributed by atoms with van der Waals surface area (Å²) in [6, 6.07) is 12.1. The zero-order chi connectivity index (χ0) is 21.1. The Morgan fingerprint density at radius 1 is 1.07 bits per heavy atom. The van der Waals surface area contributed by atoms with Crippen LogP contribution in [0.25, 0.3) is 10.9 Å². The van der Waals surface area contributed by atoms with Crippen LogP contribution in [0.15, 0.2) is 48.7 Å². The van der Waals surface area contributed by atoms with Crippen LogP contribution in [0.4, 0.5) is 0 Å². The van der Waals surface area contributed by atoms with E-state index in [1.807, 2.05) is 29.2 Å². The Morgan fingerprint density at radius 2 is 1.77 bits per heavy atom. The Labute approximate surface area is 184 Å². The molecule has 1 aliphatic heterocycles. The topological polar surface area (TPSA) is 68.8 Å². The minimum Gasteiger partial charge on any atom is -0.492 e. The van der Waals surface area contributed by atoms with E-state index in [0.717, 1.165) is 41.9 Å². The van der Waals surface area contributed by atoms with Crippen LogP contribution in [-0.2, 0) is 4.79 Å². The average Bonchev–Trinajstić information content (AvgIpc) is 3.13. The van der Waals surface area contributed by atoms with Gasteiger partial charge in [0.2, 0.25) is 0 Å². The number of aliphatic carboxylic acids is 1. The predicted octanol–water partition coefficient (Wildman–Crippen LogP) is 4.30. The molecule has 0 unspecified atom stereocenters. The molecule has 0 spiro atoms. The minimum absolute atomic E-state index is 0.574. The number of carbonyl (C=O) groups is 1. The van der Waals surface area contributed by atoms with Crippen LogP contribution >= 0.6 is 23.2 Å². The molecule has 8 heteroatoms. The van der Waals surface area contributed by atoms with Gasteiger partial charge in [-0.3, -0.25) is 14.6 Å². The highest BCUT2D eigenvalue weighted by Crippen LogP contribution is 2.31. The fourth-order valence-electron chi connectivity index (χ4n) is 3.90. The summed E-state index contributed by atoms with van der Waals surface area (Å²) in [5, 5.41) is 12.1. The average molecular weight is 448 g/mol. The Morgan fingerprint density at radius 3 is 2.47 bits per heavy atom. The number of fused-ring (bicyclic) bond motifs is 1. The van der Waals surface area contributed by atoms with E-state index in [2.05, 4.69) is 9.88 Å². The first-order valence-electron chi connectivity index (χ1n) is 9.85. The molecule has 4 rings (SSSR count). The first-order valence-corrected chi connectivity index (χ1v) is 10.6. The normalized spacial score (nSPS) is 16.6. The quantitative estimate of drug-likeness (QED) is 0.564. The summed E-state index contributed by atoms with van der Waals surface area (Å²) < 4.78 is 5.77. The number of nitrogens with zero attached hydrogens (tertiary/aromatic N) is 2. The van der Waals surface area contributed by atoms with Gasteiger partial charge in [0.25, 0.3) is 0 Å². The van der Waals surface area contributed by atoms with Gasteiger partial charge in [-0.25, -0.2) is 0 Å². The number of carboxylic acids is 1. The fourth-order valence-corrected chi connectivity index (χ4v) is 4.19. The summed E-state index contributed by atoms with van der Waals surface area (Å²) >= 11 is 12.0. The lowest BCUT2D eigenvalue weighted by atomic mass is 10.0. The van der Waals surface area contributed by atoms with E-state index < -0.39 is 12.0 Å². The molecule has 2 heterocycles. The summed E-state index contributed by atoms with van der Waals surface area (Å²) in [5.41, 5.74) is 1.64. The molecule has 30 heavy (non-hydrogen) atoms. The molecule has 158 valence electrons. The van der Waals surface area contributed by atoms with E-state index in [1.54, 1.807) is 24.4 Å². The molecule has 0 amide bonds. The van der Waals surface area contributed by atoms with Crippen molar-refractivity contribution in [2.45, 2.75) is 6.04 Å². The number of H-pyrrole nitrogens is 1. The second-order valence-electron chi connectivity index (χ2n) is 7.35. The van der Waals surface area contributed by atoms with Gasteiger partial charge in [0, 0.05) is 65.4 Å². The van der Waals surface area contributed by atoms with Gasteiger partial charge in [0.05, 0.1) is 0 Å². The monoisotopic (exact) mass is 447 g/mol. The standard InChI is InChI=1S/C22H23Cl2N3O3/c23-15-1-4-17(5-2-15)30-12-11-26-7-9-27(10-8-26)21(22(28)29)19-14-25-20-6-3-16(24)13-18(19)20/h1-6,13-14,21,25H,7-12H2,(H,28,29)/t21-/m0/s1. The molecule has 1 fully saturated rings. The van der Waals surface area contributed by atoms with Crippen molar-refractivity contribution in [3.8, 4) is 5.75 Å². The van der Waals surface area contributed by atoms with E-state index in [1.165, 1.54) is 0 Å². The number of rotatable bonds is 7. The van der Waals surface area contributed by atoms with E-state index in [4.69, 9.17) is 27.9 Å². The van der Waals surface area contributed by atoms with Gasteiger partial charge in [-0.2, -0.15) is 0 Å². The Kier molecular flexibility index (Phi) is 6.49. The van der Waals surface area contributed by atoms with Crippen molar-refractivity contribution >= 4 is 40.1 Å². The molecule has 0 saturated carbocycles. The maximum absolute atomic E-state index is 12.1. The third kappa shape index (κ3) is 4.73. The van der Waals surface area contributed by atoms with Crippen molar-refractivity contribution in [3.63, 3.8) is 0 Å². The number of ether oxygens (including phenoxy) is 1. The molecule has 1 aliphatic rings. The highest BCUT2D eigenvalue weighted by Gasteiger charge is 2.32. The van der Waals surface area contributed by atoms with E-state index in [9.17, 15) is 9.90 Å². The van der Waals surface area contributed by atoms with Crippen molar-refractivity contribution in [1.82, 2.24) is 14.8 Å². The number of aromatic nitrogens is 1. The van der Waals surface area contributed by atoms with E-state index in [0.29, 0.717) is 29.7 Å². The largest absolute Gasteiger partial charge is 0.492 e. The van der Waals surface area contributed by atoms with Crippen molar-refractivity contribution in [3.05, 3.63) is 64.3 Å². The molecular formula is C22H23Cl2N3O3. The summed E-state index contributed by atoms with van der Waals surface area (Å²) in [6.07, 6.45) is 1.78. The number of piperazine rings is 1. The maximum Gasteiger partial charge on any atom is 0.325 e. The SMILES string of the molecule is O=C(O)[C@H](c1c[nH]c2ccc(Cl)cc12)N1CCN(CCOc2ccc(Cl)cc2)CC1. The number of hydrogen-bond acceptors (Lipinski definition) is 4. The number of hydrogen-bond donors (Lipinski definition) is 2. The van der Waals surface area contributed by atoms with E-state index in [-0.39, 0.29) is 0 Å². The minimum atomic E-state index is -0.851. The molecular weight excluding hydrogens is 425 g/mol. The van der Waals surface area contributed by atoms with Crippen LogP contribution in [-0.4, -0.2) is 65.2 Å². The van der Waals surface area contributed by atoms with Crippen LogP contribution in [0, 0.1) is 0 Å². The summed E-state index contributed by atoms with van der Waals surface area (Å²) in [7, 11) is 0. The zero-order valence-corrected chi connectivity index (χ0v) is 17.9. The highest BCUT2D eigenvalue weighted by molar-refractivity contribution is 6.31. The molecule has 0 radical (unpaired) electrons. The Bertz CT molecular complexity index is 1010. The highest BCUT2D eigenvalue weighted by atomic mass is 35.5. The Hall–Kier alpha value is -2.25. The molecule has 1 aromatic heterocycles. The van der Waals surface area contributed by atoms with Crippen molar-refractivity contribution in [2.24, 2.45) is 0 Å². The van der Waals surface area contributed by atoms with Crippen LogP contribution in [0.1, 0.15) is 11.6 Å². The van der Waals surface area contributed by atoms with Gasteiger partial charge in [-0.1, -0.05) is 23.2 Å². The lowest BCUT2D eigenvalue weighted by Gasteiger charge is -2.37. The second-order valence-corrected chi connectivity index (χ2v) is 8.23. The number of carboxylic acid groups (broad SMARTS) is 1. The molecule has 0 aliphatic carbocycles. The molecule has 3 aromatic rings. The smallest absolute Gasteiger partial charge is 0.325 e. The summed E-state index contributed by atoms with van der Waals surface area (Å²) in [4.78, 5) is 19.6. The third-order valence-electron chi connectivity index (χ3n) is 5.47. The number of nitrogens with one attached hydrogen (secondary N) is 1. The summed E-state index contributed by atoms with van der Waals surface area (Å²) in [5.74, 6) is -0.0580. The van der Waals surface area contributed by atoms with Crippen molar-refractivity contribution in [2.75, 3.05) is 39.3 Å². The fraction of sp³-hybridized carbons (Fsp3) is 0.318. The number of benzene rings is 2. The van der Waals surface area contributed by atoms with E-state index >= 15 is 0 Å². The first kappa shape index (κ1) is 21.0. The van der Waals surface area contributed by atoms with Gasteiger partial charge >= 0.3 is 5.97 Å². The number of aromatic amines is 1. The second kappa shape index (κ2) is 9.27. The molecule has 0 bridgehead atoms. The van der Waals surface area contributed by atoms with Gasteiger partial charge in [0.1, 0.15) is 18.4 Å². The van der Waals surface area contributed by atoms with Crippen LogP contribution < -0.4 is 4.74 Å². The lowest BCUT2D eigenvalue weighted by molar-refractivity contribution is -0.144. The third-order valence-corrected chi connectivity index (χ3v) is 5.95. The zero-order valence-electron chi connectivity index (χ0n) is 16.4. The molecule has 6 nitrogen and oxygen atoms in total. The van der Waals surface area contributed by atoms with Gasteiger partial charge < -0.3 is 14.8 Å². The van der Waals surface area contributed by atoms with Gasteiger partial charge in [-0.05, 0) is 42.5 Å². The van der Waals surface area contributed by atoms with Crippen molar-refractivity contribution in [1.29, 1.82) is 0 Å².